The maximum atomic E-state index is 12.1. The average Bonchev–Trinajstić information content (AvgIpc) is 2.34. The predicted molar refractivity (Wildman–Crippen MR) is 67.4 cm³/mol. The van der Waals surface area contributed by atoms with Gasteiger partial charge in [-0.05, 0) is 13.8 Å². The van der Waals surface area contributed by atoms with E-state index >= 15 is 0 Å². The highest BCUT2D eigenvalue weighted by molar-refractivity contribution is 5.76. The van der Waals surface area contributed by atoms with Gasteiger partial charge in [0.05, 0.1) is 0 Å². The minimum absolute atomic E-state index is 0.0210. The molecule has 0 unspecified atom stereocenters. The van der Waals surface area contributed by atoms with Gasteiger partial charge in [0.15, 0.2) is 0 Å². The Kier molecular flexibility index (Phi) is 3.76. The van der Waals surface area contributed by atoms with Crippen LogP contribution < -0.4 is 10.9 Å². The Morgan fingerprint density at radius 2 is 2.06 bits per heavy atom. The van der Waals surface area contributed by atoms with Crippen LogP contribution in [-0.4, -0.2) is 46.5 Å². The van der Waals surface area contributed by atoms with Crippen molar-refractivity contribution in [2.24, 2.45) is 0 Å². The Labute approximate surface area is 106 Å². The van der Waals surface area contributed by atoms with Gasteiger partial charge in [0, 0.05) is 37.9 Å². The highest BCUT2D eigenvalue weighted by atomic mass is 16.2. The molecule has 1 N–H and O–H groups in total. The number of amides is 1. The number of nitrogens with one attached hydrogen (secondary N) is 1. The lowest BCUT2D eigenvalue weighted by Crippen LogP contribution is -2.48. The Hall–Kier alpha value is -1.69. The molecule has 0 aliphatic carbocycles. The largest absolute Gasteiger partial charge is 0.339 e. The van der Waals surface area contributed by atoms with Crippen molar-refractivity contribution in [1.29, 1.82) is 0 Å². The number of nitrogens with zero attached hydrogens (tertiary/aromatic N) is 3. The van der Waals surface area contributed by atoms with E-state index in [0.717, 1.165) is 13.1 Å². The second-order valence-corrected chi connectivity index (χ2v) is 4.50. The van der Waals surface area contributed by atoms with Crippen LogP contribution in [0.2, 0.25) is 0 Å². The molecule has 0 bridgehead atoms. The molecular weight excluding hydrogens is 232 g/mol. The van der Waals surface area contributed by atoms with E-state index in [1.807, 2.05) is 0 Å². The summed E-state index contributed by atoms with van der Waals surface area (Å²) in [5, 5.41) is 3.19. The Bertz CT molecular complexity index is 503. The van der Waals surface area contributed by atoms with Crippen LogP contribution in [0.1, 0.15) is 11.5 Å². The van der Waals surface area contributed by atoms with Gasteiger partial charge in [-0.2, -0.15) is 0 Å². The number of carbonyl (C=O) groups is 1. The third-order valence-electron chi connectivity index (χ3n) is 3.09. The lowest BCUT2D eigenvalue weighted by atomic mass is 10.3. The van der Waals surface area contributed by atoms with Gasteiger partial charge < -0.3 is 10.2 Å². The van der Waals surface area contributed by atoms with Gasteiger partial charge in [-0.1, -0.05) is 0 Å². The Morgan fingerprint density at radius 3 is 2.67 bits per heavy atom. The van der Waals surface area contributed by atoms with E-state index in [-0.39, 0.29) is 18.0 Å². The molecule has 1 aromatic heterocycles. The van der Waals surface area contributed by atoms with Crippen molar-refractivity contribution in [2.75, 3.05) is 26.2 Å². The number of rotatable bonds is 2. The highest BCUT2D eigenvalue weighted by Gasteiger charge is 2.17. The normalized spacial score (nSPS) is 15.8. The molecule has 1 saturated heterocycles. The van der Waals surface area contributed by atoms with Crippen molar-refractivity contribution < 1.29 is 4.79 Å². The lowest BCUT2D eigenvalue weighted by Gasteiger charge is -2.27. The van der Waals surface area contributed by atoms with Gasteiger partial charge in [-0.15, -0.1) is 0 Å². The maximum absolute atomic E-state index is 12.1. The molecule has 98 valence electrons. The van der Waals surface area contributed by atoms with Gasteiger partial charge in [0.25, 0.3) is 5.56 Å². The third kappa shape index (κ3) is 2.76. The first kappa shape index (κ1) is 12.8. The van der Waals surface area contributed by atoms with E-state index in [0.29, 0.717) is 24.6 Å². The fraction of sp³-hybridized carbons (Fsp3) is 0.583. The number of aryl methyl sites for hydroxylation is 2. The number of piperazine rings is 1. The van der Waals surface area contributed by atoms with Crippen molar-refractivity contribution in [2.45, 2.75) is 20.4 Å². The molecule has 1 aliphatic heterocycles. The SMILES string of the molecule is Cc1cc(=O)n(CC(=O)N2CCNCC2)c(C)n1. The molecule has 1 aromatic rings. The zero-order valence-corrected chi connectivity index (χ0v) is 10.8. The first-order valence-electron chi connectivity index (χ1n) is 6.11. The van der Waals surface area contributed by atoms with E-state index in [1.165, 1.54) is 10.6 Å². The van der Waals surface area contributed by atoms with Crippen molar-refractivity contribution in [3.05, 3.63) is 27.9 Å². The number of carbonyl (C=O) groups excluding carboxylic acids is 1. The van der Waals surface area contributed by atoms with Crippen LogP contribution in [0.15, 0.2) is 10.9 Å². The van der Waals surface area contributed by atoms with E-state index in [9.17, 15) is 9.59 Å². The van der Waals surface area contributed by atoms with Crippen LogP contribution in [0.4, 0.5) is 0 Å². The molecule has 0 radical (unpaired) electrons. The first-order valence-corrected chi connectivity index (χ1v) is 6.11. The van der Waals surface area contributed by atoms with Gasteiger partial charge in [0.2, 0.25) is 5.91 Å². The summed E-state index contributed by atoms with van der Waals surface area (Å²) in [6.45, 7) is 6.63. The zero-order valence-electron chi connectivity index (χ0n) is 10.8. The summed E-state index contributed by atoms with van der Waals surface area (Å²) in [5.41, 5.74) is 0.520. The topological polar surface area (TPSA) is 67.2 Å². The molecule has 0 saturated carbocycles. The van der Waals surface area contributed by atoms with E-state index in [2.05, 4.69) is 10.3 Å². The predicted octanol–water partition coefficient (Wildman–Crippen LogP) is -0.708. The van der Waals surface area contributed by atoms with Crippen LogP contribution >= 0.6 is 0 Å². The van der Waals surface area contributed by atoms with Gasteiger partial charge in [0.1, 0.15) is 12.4 Å². The molecular formula is C12H18N4O2. The summed E-state index contributed by atoms with van der Waals surface area (Å²) in [6, 6.07) is 1.46. The van der Waals surface area contributed by atoms with Crippen LogP contribution in [0, 0.1) is 13.8 Å². The molecule has 0 aromatic carbocycles. The zero-order chi connectivity index (χ0) is 13.1. The molecule has 1 aliphatic rings. The number of hydrogen-bond acceptors (Lipinski definition) is 4. The Balaban J connectivity index is 2.14. The second-order valence-electron chi connectivity index (χ2n) is 4.50. The maximum Gasteiger partial charge on any atom is 0.254 e. The fourth-order valence-electron chi connectivity index (χ4n) is 2.11. The van der Waals surface area contributed by atoms with Crippen molar-refractivity contribution in [1.82, 2.24) is 19.8 Å². The summed E-state index contributed by atoms with van der Waals surface area (Å²) in [5.74, 6) is 0.566. The summed E-state index contributed by atoms with van der Waals surface area (Å²) >= 11 is 0. The standard InChI is InChI=1S/C12H18N4O2/c1-9-7-11(17)16(10(2)14-9)8-12(18)15-5-3-13-4-6-15/h7,13H,3-6,8H2,1-2H3. The van der Waals surface area contributed by atoms with Gasteiger partial charge >= 0.3 is 0 Å². The monoisotopic (exact) mass is 250 g/mol. The molecule has 6 heteroatoms. The molecule has 6 nitrogen and oxygen atoms in total. The first-order chi connectivity index (χ1) is 8.58. The summed E-state index contributed by atoms with van der Waals surface area (Å²) in [4.78, 5) is 29.9. The second kappa shape index (κ2) is 5.30. The third-order valence-corrected chi connectivity index (χ3v) is 3.09. The van der Waals surface area contributed by atoms with Crippen molar-refractivity contribution >= 4 is 5.91 Å². The highest BCUT2D eigenvalue weighted by Crippen LogP contribution is 1.98. The molecule has 0 atom stereocenters. The molecule has 0 spiro atoms. The quantitative estimate of drug-likeness (QED) is 0.753. The van der Waals surface area contributed by atoms with Crippen LogP contribution in [0.25, 0.3) is 0 Å². The average molecular weight is 250 g/mol. The smallest absolute Gasteiger partial charge is 0.254 e. The minimum atomic E-state index is -0.163. The van der Waals surface area contributed by atoms with Crippen LogP contribution in [0.3, 0.4) is 0 Å². The Morgan fingerprint density at radius 1 is 1.39 bits per heavy atom. The molecule has 18 heavy (non-hydrogen) atoms. The molecule has 1 fully saturated rings. The van der Waals surface area contributed by atoms with Crippen molar-refractivity contribution in [3.8, 4) is 0 Å². The van der Waals surface area contributed by atoms with Gasteiger partial charge in [-0.25, -0.2) is 4.98 Å². The number of aromatic nitrogens is 2. The van der Waals surface area contributed by atoms with Gasteiger partial charge in [-0.3, -0.25) is 14.2 Å². The van der Waals surface area contributed by atoms with E-state index in [1.54, 1.807) is 18.7 Å². The minimum Gasteiger partial charge on any atom is -0.339 e. The number of hydrogen-bond donors (Lipinski definition) is 1. The fourth-order valence-corrected chi connectivity index (χ4v) is 2.11. The van der Waals surface area contributed by atoms with Crippen LogP contribution in [0.5, 0.6) is 0 Å². The summed E-state index contributed by atoms with van der Waals surface area (Å²) in [7, 11) is 0. The van der Waals surface area contributed by atoms with E-state index < -0.39 is 0 Å². The lowest BCUT2D eigenvalue weighted by molar-refractivity contribution is -0.132. The summed E-state index contributed by atoms with van der Waals surface area (Å²) in [6.07, 6.45) is 0. The molecule has 1 amide bonds. The molecule has 2 rings (SSSR count). The van der Waals surface area contributed by atoms with Crippen molar-refractivity contribution in [3.63, 3.8) is 0 Å². The summed E-state index contributed by atoms with van der Waals surface area (Å²) < 4.78 is 1.43. The molecule has 2 heterocycles. The van der Waals surface area contributed by atoms with Crippen LogP contribution in [-0.2, 0) is 11.3 Å². The van der Waals surface area contributed by atoms with E-state index in [4.69, 9.17) is 0 Å².